The number of benzene rings is 2. The van der Waals surface area contributed by atoms with Crippen LogP contribution in [0.1, 0.15) is 10.6 Å². The molecule has 8 heteroatoms. The number of allylic oxidation sites excluding steroid dienone is 1. The maximum absolute atomic E-state index is 13.1. The molecule has 1 N–H and O–H groups in total. The maximum Gasteiger partial charge on any atom is 0.418 e. The standard InChI is InChI=1S/C19H11ClF3N3S/c20-14-7-5-12(6-8-14)17-11-27-18(26-17)13(9-24)10-25-16-4-2-1-3-15(16)19(21,22)23/h1-8,10-11,25H/b13-10+. The van der Waals surface area contributed by atoms with E-state index in [1.165, 1.54) is 35.7 Å². The van der Waals surface area contributed by atoms with Crippen LogP contribution in [-0.4, -0.2) is 4.98 Å². The van der Waals surface area contributed by atoms with Crippen molar-refractivity contribution in [1.82, 2.24) is 4.98 Å². The molecule has 3 nitrogen and oxygen atoms in total. The molecule has 0 saturated heterocycles. The lowest BCUT2D eigenvalue weighted by molar-refractivity contribution is -0.136. The summed E-state index contributed by atoms with van der Waals surface area (Å²) in [5, 5.41) is 14.7. The van der Waals surface area contributed by atoms with Gasteiger partial charge in [-0.15, -0.1) is 11.3 Å². The van der Waals surface area contributed by atoms with Crippen LogP contribution in [0.15, 0.2) is 60.1 Å². The predicted octanol–water partition coefficient (Wildman–Crippen LogP) is 6.46. The van der Waals surface area contributed by atoms with Gasteiger partial charge in [0.2, 0.25) is 0 Å². The Morgan fingerprint density at radius 1 is 1.15 bits per heavy atom. The molecule has 3 rings (SSSR count). The Kier molecular flexibility index (Phi) is 5.49. The van der Waals surface area contributed by atoms with Crippen LogP contribution in [0.2, 0.25) is 5.02 Å². The number of aromatic nitrogens is 1. The number of thiazole rings is 1. The second-order valence-electron chi connectivity index (χ2n) is 5.40. The van der Waals surface area contributed by atoms with Crippen molar-refractivity contribution in [3.63, 3.8) is 0 Å². The van der Waals surface area contributed by atoms with Gasteiger partial charge < -0.3 is 5.32 Å². The highest BCUT2D eigenvalue weighted by atomic mass is 35.5. The summed E-state index contributed by atoms with van der Waals surface area (Å²) in [7, 11) is 0. The second-order valence-corrected chi connectivity index (χ2v) is 6.70. The molecule has 0 spiro atoms. The molecule has 0 atom stereocenters. The third-order valence-electron chi connectivity index (χ3n) is 3.60. The average molecular weight is 406 g/mol. The van der Waals surface area contributed by atoms with Crippen molar-refractivity contribution in [3.8, 4) is 17.3 Å². The molecular formula is C19H11ClF3N3S. The zero-order valence-corrected chi connectivity index (χ0v) is 15.2. The maximum atomic E-state index is 13.1. The molecule has 0 fully saturated rings. The summed E-state index contributed by atoms with van der Waals surface area (Å²) in [6, 6.07) is 14.1. The first-order valence-electron chi connectivity index (χ1n) is 7.63. The van der Waals surface area contributed by atoms with Gasteiger partial charge in [0.15, 0.2) is 0 Å². The number of nitrogens with one attached hydrogen (secondary N) is 1. The van der Waals surface area contributed by atoms with Crippen LogP contribution >= 0.6 is 22.9 Å². The molecule has 0 aliphatic heterocycles. The van der Waals surface area contributed by atoms with Gasteiger partial charge in [0.25, 0.3) is 0 Å². The van der Waals surface area contributed by atoms with E-state index in [1.54, 1.807) is 29.6 Å². The van der Waals surface area contributed by atoms with E-state index in [0.717, 1.165) is 11.6 Å². The average Bonchev–Trinajstić information content (AvgIpc) is 3.12. The largest absolute Gasteiger partial charge is 0.418 e. The summed E-state index contributed by atoms with van der Waals surface area (Å²) < 4.78 is 39.2. The Bertz CT molecular complexity index is 1020. The highest BCUT2D eigenvalue weighted by Gasteiger charge is 2.33. The number of hydrogen-bond acceptors (Lipinski definition) is 4. The number of rotatable bonds is 4. The van der Waals surface area contributed by atoms with Gasteiger partial charge in [-0.3, -0.25) is 0 Å². The molecule has 3 aromatic rings. The summed E-state index contributed by atoms with van der Waals surface area (Å²) in [4.78, 5) is 4.39. The van der Waals surface area contributed by atoms with Crippen molar-refractivity contribution in [2.24, 2.45) is 0 Å². The van der Waals surface area contributed by atoms with Crippen LogP contribution in [0.25, 0.3) is 16.8 Å². The van der Waals surface area contributed by atoms with Gasteiger partial charge >= 0.3 is 6.18 Å². The number of para-hydroxylation sites is 1. The van der Waals surface area contributed by atoms with Crippen LogP contribution in [0.5, 0.6) is 0 Å². The zero-order valence-electron chi connectivity index (χ0n) is 13.6. The molecule has 0 bridgehead atoms. The smallest absolute Gasteiger partial charge is 0.360 e. The lowest BCUT2D eigenvalue weighted by Crippen LogP contribution is -2.08. The number of alkyl halides is 3. The van der Waals surface area contributed by atoms with Gasteiger partial charge in [-0.25, -0.2) is 4.98 Å². The number of nitriles is 1. The normalized spacial score (nSPS) is 11.9. The van der Waals surface area contributed by atoms with Gasteiger partial charge in [-0.05, 0) is 24.3 Å². The Labute approximate surface area is 162 Å². The van der Waals surface area contributed by atoms with Gasteiger partial charge in [-0.2, -0.15) is 18.4 Å². The first-order valence-corrected chi connectivity index (χ1v) is 8.89. The first kappa shape index (κ1) is 19.0. The first-order chi connectivity index (χ1) is 12.9. The Hall–Kier alpha value is -2.82. The Balaban J connectivity index is 1.87. The molecule has 0 unspecified atom stereocenters. The lowest BCUT2D eigenvalue weighted by Gasteiger charge is -2.12. The van der Waals surface area contributed by atoms with E-state index in [2.05, 4.69) is 10.3 Å². The summed E-state index contributed by atoms with van der Waals surface area (Å²) in [5.41, 5.74) is 0.682. The zero-order chi connectivity index (χ0) is 19.4. The summed E-state index contributed by atoms with van der Waals surface area (Å²) in [6.07, 6.45) is -3.26. The van der Waals surface area contributed by atoms with Gasteiger partial charge in [-0.1, -0.05) is 35.9 Å². The molecule has 0 aliphatic rings. The minimum absolute atomic E-state index is 0.132. The van der Waals surface area contributed by atoms with E-state index in [0.29, 0.717) is 15.7 Å². The predicted molar refractivity (Wildman–Crippen MR) is 101 cm³/mol. The molecule has 1 heterocycles. The third-order valence-corrected chi connectivity index (χ3v) is 4.73. The Morgan fingerprint density at radius 2 is 1.85 bits per heavy atom. The van der Waals surface area contributed by atoms with E-state index in [-0.39, 0.29) is 11.3 Å². The van der Waals surface area contributed by atoms with Crippen molar-refractivity contribution in [1.29, 1.82) is 5.26 Å². The van der Waals surface area contributed by atoms with Gasteiger partial charge in [0.05, 0.1) is 16.9 Å². The SMILES string of the molecule is N#C/C(=C\Nc1ccccc1C(F)(F)F)c1nc(-c2ccc(Cl)cc2)cs1. The van der Waals surface area contributed by atoms with Crippen LogP contribution in [-0.2, 0) is 6.18 Å². The fourth-order valence-corrected chi connectivity index (χ4v) is 3.22. The molecular weight excluding hydrogens is 395 g/mol. The molecule has 136 valence electrons. The molecule has 0 saturated carbocycles. The lowest BCUT2D eigenvalue weighted by atomic mass is 10.1. The van der Waals surface area contributed by atoms with E-state index in [1.807, 2.05) is 6.07 Å². The minimum Gasteiger partial charge on any atom is -0.360 e. The van der Waals surface area contributed by atoms with Crippen LogP contribution in [0.3, 0.4) is 0 Å². The van der Waals surface area contributed by atoms with E-state index in [9.17, 15) is 18.4 Å². The molecule has 2 aromatic carbocycles. The van der Waals surface area contributed by atoms with Crippen molar-refractivity contribution in [2.75, 3.05) is 5.32 Å². The number of halogens is 4. The molecule has 1 aromatic heterocycles. The fourth-order valence-electron chi connectivity index (χ4n) is 2.30. The Morgan fingerprint density at radius 3 is 2.52 bits per heavy atom. The number of hydrogen-bond donors (Lipinski definition) is 1. The van der Waals surface area contributed by atoms with E-state index >= 15 is 0 Å². The molecule has 0 radical (unpaired) electrons. The summed E-state index contributed by atoms with van der Waals surface area (Å²) >= 11 is 7.09. The summed E-state index contributed by atoms with van der Waals surface area (Å²) in [5.74, 6) is 0. The van der Waals surface area contributed by atoms with E-state index < -0.39 is 11.7 Å². The van der Waals surface area contributed by atoms with Crippen molar-refractivity contribution in [2.45, 2.75) is 6.18 Å². The number of nitrogens with zero attached hydrogens (tertiary/aromatic N) is 2. The molecule has 27 heavy (non-hydrogen) atoms. The third kappa shape index (κ3) is 4.48. The fraction of sp³-hybridized carbons (Fsp3) is 0.0526. The minimum atomic E-state index is -4.49. The van der Waals surface area contributed by atoms with E-state index in [4.69, 9.17) is 11.6 Å². The van der Waals surface area contributed by atoms with Crippen molar-refractivity contribution in [3.05, 3.63) is 75.7 Å². The quantitative estimate of drug-likeness (QED) is 0.507. The number of anilines is 1. The van der Waals surface area contributed by atoms with Crippen LogP contribution in [0.4, 0.5) is 18.9 Å². The van der Waals surface area contributed by atoms with Crippen LogP contribution < -0.4 is 5.32 Å². The topological polar surface area (TPSA) is 48.7 Å². The highest BCUT2D eigenvalue weighted by Crippen LogP contribution is 2.35. The molecule has 0 amide bonds. The van der Waals surface area contributed by atoms with Crippen LogP contribution in [0, 0.1) is 11.3 Å². The molecule has 0 aliphatic carbocycles. The second kappa shape index (κ2) is 7.82. The van der Waals surface area contributed by atoms with Gasteiger partial charge in [0, 0.05) is 22.2 Å². The highest BCUT2D eigenvalue weighted by molar-refractivity contribution is 7.11. The summed E-state index contributed by atoms with van der Waals surface area (Å²) in [6.45, 7) is 0. The van der Waals surface area contributed by atoms with Crippen molar-refractivity contribution < 1.29 is 13.2 Å². The van der Waals surface area contributed by atoms with Crippen molar-refractivity contribution >= 4 is 34.2 Å². The monoisotopic (exact) mass is 405 g/mol. The van der Waals surface area contributed by atoms with Gasteiger partial charge in [0.1, 0.15) is 16.6 Å².